The van der Waals surface area contributed by atoms with E-state index in [1.54, 1.807) is 28.6 Å². The molecule has 0 radical (unpaired) electrons. The summed E-state index contributed by atoms with van der Waals surface area (Å²) in [5.74, 6) is -0.00172. The number of rotatable bonds is 7. The lowest BCUT2D eigenvalue weighted by atomic mass is 10.0. The van der Waals surface area contributed by atoms with Crippen LogP contribution in [0.1, 0.15) is 43.2 Å². The molecule has 32 heavy (non-hydrogen) atoms. The maximum absolute atomic E-state index is 12.8. The van der Waals surface area contributed by atoms with Crippen molar-refractivity contribution in [1.29, 1.82) is 0 Å². The summed E-state index contributed by atoms with van der Waals surface area (Å²) in [5.41, 5.74) is 2.15. The lowest BCUT2D eigenvalue weighted by molar-refractivity contribution is -0.121. The molecule has 2 saturated heterocycles. The highest BCUT2D eigenvalue weighted by atomic mass is 32.2. The fourth-order valence-corrected chi connectivity index (χ4v) is 6.09. The Bertz CT molecular complexity index is 979. The van der Waals surface area contributed by atoms with Gasteiger partial charge in [-0.1, -0.05) is 48.9 Å². The maximum Gasteiger partial charge on any atom is 0.243 e. The molecule has 4 rings (SSSR count). The number of nitrogens with one attached hydrogen (secondary N) is 1. The number of carbonyl (C=O) groups excluding carboxylic acids is 1. The van der Waals surface area contributed by atoms with Crippen molar-refractivity contribution < 1.29 is 13.2 Å². The van der Waals surface area contributed by atoms with Crippen LogP contribution in [-0.2, 0) is 27.8 Å². The molecule has 0 saturated carbocycles. The van der Waals surface area contributed by atoms with E-state index in [1.165, 1.54) is 5.56 Å². The average Bonchev–Trinajstić information content (AvgIpc) is 2.82. The van der Waals surface area contributed by atoms with Gasteiger partial charge in [0.05, 0.1) is 11.3 Å². The molecule has 0 atom stereocenters. The number of piperidine rings is 2. The third-order valence-corrected chi connectivity index (χ3v) is 8.36. The summed E-state index contributed by atoms with van der Waals surface area (Å²) in [6.45, 7) is 4.09. The summed E-state index contributed by atoms with van der Waals surface area (Å²) in [4.78, 5) is 15.3. The molecular formula is C25H33N3O3S. The first kappa shape index (κ1) is 23.0. The van der Waals surface area contributed by atoms with Gasteiger partial charge in [-0.15, -0.1) is 0 Å². The van der Waals surface area contributed by atoms with E-state index in [0.29, 0.717) is 18.0 Å². The van der Waals surface area contributed by atoms with Gasteiger partial charge in [0.2, 0.25) is 15.9 Å². The van der Waals surface area contributed by atoms with Gasteiger partial charge < -0.3 is 5.32 Å². The zero-order valence-corrected chi connectivity index (χ0v) is 19.4. The minimum Gasteiger partial charge on any atom is -0.353 e. The lowest BCUT2D eigenvalue weighted by Crippen LogP contribution is -2.44. The number of carbonyl (C=O) groups is 1. The fourth-order valence-electron chi connectivity index (χ4n) is 4.57. The smallest absolute Gasteiger partial charge is 0.243 e. The normalized spacial score (nSPS) is 19.0. The van der Waals surface area contributed by atoms with Crippen LogP contribution in [0.5, 0.6) is 0 Å². The van der Waals surface area contributed by atoms with Crippen LogP contribution in [0.3, 0.4) is 0 Å². The largest absolute Gasteiger partial charge is 0.353 e. The molecule has 2 heterocycles. The van der Waals surface area contributed by atoms with Crippen molar-refractivity contribution in [2.45, 2.75) is 56.0 Å². The predicted octanol–water partition coefficient (Wildman–Crippen LogP) is 3.18. The summed E-state index contributed by atoms with van der Waals surface area (Å²) in [7, 11) is -3.43. The molecule has 2 fully saturated rings. The second-order valence-electron chi connectivity index (χ2n) is 8.89. The van der Waals surface area contributed by atoms with Gasteiger partial charge in [-0.2, -0.15) is 4.31 Å². The molecule has 0 aromatic heterocycles. The summed E-state index contributed by atoms with van der Waals surface area (Å²) < 4.78 is 27.1. The Morgan fingerprint density at radius 2 is 1.50 bits per heavy atom. The highest BCUT2D eigenvalue weighted by Gasteiger charge is 2.26. The van der Waals surface area contributed by atoms with Crippen LogP contribution in [0.2, 0.25) is 0 Å². The van der Waals surface area contributed by atoms with Gasteiger partial charge >= 0.3 is 0 Å². The van der Waals surface area contributed by atoms with E-state index in [0.717, 1.165) is 57.3 Å². The number of amides is 1. The molecule has 172 valence electrons. The Balaban J connectivity index is 1.24. The minimum atomic E-state index is -3.43. The third kappa shape index (κ3) is 5.97. The second-order valence-corrected chi connectivity index (χ2v) is 10.8. The molecule has 2 aliphatic heterocycles. The van der Waals surface area contributed by atoms with Gasteiger partial charge in [-0.25, -0.2) is 8.42 Å². The minimum absolute atomic E-state index is 0.00172. The van der Waals surface area contributed by atoms with Crippen molar-refractivity contribution in [3.05, 3.63) is 65.7 Å². The Kier molecular flexibility index (Phi) is 7.60. The van der Waals surface area contributed by atoms with Crippen molar-refractivity contribution in [3.8, 4) is 0 Å². The Hall–Kier alpha value is -2.22. The van der Waals surface area contributed by atoms with E-state index < -0.39 is 10.0 Å². The number of likely N-dealkylation sites (tertiary alicyclic amines) is 1. The van der Waals surface area contributed by atoms with Crippen LogP contribution in [0, 0.1) is 0 Å². The van der Waals surface area contributed by atoms with Crippen molar-refractivity contribution >= 4 is 15.9 Å². The number of sulfonamides is 1. The SMILES string of the molecule is O=C(Cc1ccc(S(=O)(=O)N2CCCCC2)cc1)NC1CCN(Cc2ccccc2)CC1. The maximum atomic E-state index is 12.8. The molecule has 2 aromatic rings. The average molecular weight is 456 g/mol. The first-order valence-corrected chi connectivity index (χ1v) is 13.1. The number of hydrogen-bond acceptors (Lipinski definition) is 4. The molecule has 2 aliphatic rings. The van der Waals surface area contributed by atoms with E-state index in [9.17, 15) is 13.2 Å². The molecule has 6 nitrogen and oxygen atoms in total. The van der Waals surface area contributed by atoms with E-state index >= 15 is 0 Å². The van der Waals surface area contributed by atoms with Gasteiger partial charge in [0.25, 0.3) is 0 Å². The van der Waals surface area contributed by atoms with E-state index in [2.05, 4.69) is 34.5 Å². The van der Waals surface area contributed by atoms with Crippen molar-refractivity contribution in [2.75, 3.05) is 26.2 Å². The number of nitrogens with zero attached hydrogens (tertiary/aromatic N) is 2. The van der Waals surface area contributed by atoms with E-state index in [1.807, 2.05) is 6.07 Å². The Labute approximate surface area is 191 Å². The van der Waals surface area contributed by atoms with Crippen molar-refractivity contribution in [2.24, 2.45) is 0 Å². The van der Waals surface area contributed by atoms with Crippen LogP contribution in [0.4, 0.5) is 0 Å². The molecule has 0 spiro atoms. The zero-order valence-electron chi connectivity index (χ0n) is 18.6. The van der Waals surface area contributed by atoms with Crippen LogP contribution < -0.4 is 5.32 Å². The lowest BCUT2D eigenvalue weighted by Gasteiger charge is -2.32. The summed E-state index contributed by atoms with van der Waals surface area (Å²) >= 11 is 0. The molecular weight excluding hydrogens is 422 g/mol. The van der Waals surface area contributed by atoms with Crippen LogP contribution >= 0.6 is 0 Å². The van der Waals surface area contributed by atoms with E-state index in [4.69, 9.17) is 0 Å². The molecule has 7 heteroatoms. The Morgan fingerprint density at radius 1 is 0.844 bits per heavy atom. The van der Waals surface area contributed by atoms with Gasteiger partial charge in [0, 0.05) is 38.8 Å². The third-order valence-electron chi connectivity index (χ3n) is 6.44. The van der Waals surface area contributed by atoms with Crippen LogP contribution in [-0.4, -0.2) is 55.8 Å². The highest BCUT2D eigenvalue weighted by Crippen LogP contribution is 2.21. The van der Waals surface area contributed by atoms with Gasteiger partial charge in [0.15, 0.2) is 0 Å². The number of hydrogen-bond donors (Lipinski definition) is 1. The van der Waals surface area contributed by atoms with Gasteiger partial charge in [-0.3, -0.25) is 9.69 Å². The summed E-state index contributed by atoms with van der Waals surface area (Å²) in [6, 6.07) is 17.5. The molecule has 0 unspecified atom stereocenters. The molecule has 0 aliphatic carbocycles. The zero-order chi connectivity index (χ0) is 22.4. The monoisotopic (exact) mass is 455 g/mol. The fraction of sp³-hybridized carbons (Fsp3) is 0.480. The predicted molar refractivity (Wildman–Crippen MR) is 126 cm³/mol. The molecule has 1 amide bonds. The van der Waals surface area contributed by atoms with Crippen molar-refractivity contribution in [1.82, 2.24) is 14.5 Å². The highest BCUT2D eigenvalue weighted by molar-refractivity contribution is 7.89. The Morgan fingerprint density at radius 3 is 2.16 bits per heavy atom. The van der Waals surface area contributed by atoms with Gasteiger partial charge in [0.1, 0.15) is 0 Å². The van der Waals surface area contributed by atoms with Crippen LogP contribution in [0.25, 0.3) is 0 Å². The quantitative estimate of drug-likeness (QED) is 0.696. The topological polar surface area (TPSA) is 69.7 Å². The van der Waals surface area contributed by atoms with Crippen molar-refractivity contribution in [3.63, 3.8) is 0 Å². The summed E-state index contributed by atoms with van der Waals surface area (Å²) in [6.07, 6.45) is 5.10. The van der Waals surface area contributed by atoms with Crippen LogP contribution in [0.15, 0.2) is 59.5 Å². The molecule has 0 bridgehead atoms. The van der Waals surface area contributed by atoms with E-state index in [-0.39, 0.29) is 18.4 Å². The standard InChI is InChI=1S/C25H33N3O3S/c29-25(26-23-13-17-27(18-14-23)20-22-7-3-1-4-8-22)19-21-9-11-24(12-10-21)32(30,31)28-15-5-2-6-16-28/h1,3-4,7-12,23H,2,5-6,13-20H2,(H,26,29). The molecule has 2 aromatic carbocycles. The first-order chi connectivity index (χ1) is 15.5. The first-order valence-electron chi connectivity index (χ1n) is 11.7. The second kappa shape index (κ2) is 10.6. The summed E-state index contributed by atoms with van der Waals surface area (Å²) in [5, 5.41) is 3.16. The number of benzene rings is 2. The molecule has 1 N–H and O–H groups in total. The van der Waals surface area contributed by atoms with Gasteiger partial charge in [-0.05, 0) is 48.9 Å².